The number of ether oxygens (including phenoxy) is 2. The standard InChI is InChI=1S/C28H30ClN3O3/c1-18-15-23(16-19(2)27(18)29)35-14-13-32-25-8-6-5-7-24(25)31-28(32)20(3)30-26(33)17-21-9-11-22(34-4)12-10-21/h5-12,15-16,20H,13-14,17H2,1-4H3,(H,30,33). The molecule has 1 N–H and O–H groups in total. The lowest BCUT2D eigenvalue weighted by Crippen LogP contribution is -2.30. The molecule has 6 nitrogen and oxygen atoms in total. The lowest BCUT2D eigenvalue weighted by Gasteiger charge is -2.17. The molecule has 0 saturated heterocycles. The predicted molar refractivity (Wildman–Crippen MR) is 139 cm³/mol. The van der Waals surface area contributed by atoms with Crippen molar-refractivity contribution < 1.29 is 14.3 Å². The van der Waals surface area contributed by atoms with E-state index in [2.05, 4.69) is 9.88 Å². The van der Waals surface area contributed by atoms with Gasteiger partial charge < -0.3 is 19.4 Å². The van der Waals surface area contributed by atoms with Crippen molar-refractivity contribution in [1.29, 1.82) is 0 Å². The normalized spacial score (nSPS) is 11.9. The first kappa shape index (κ1) is 24.6. The lowest BCUT2D eigenvalue weighted by atomic mass is 10.1. The van der Waals surface area contributed by atoms with E-state index in [1.807, 2.05) is 81.4 Å². The lowest BCUT2D eigenvalue weighted by molar-refractivity contribution is -0.121. The van der Waals surface area contributed by atoms with Gasteiger partial charge in [-0.25, -0.2) is 4.98 Å². The molecule has 1 aromatic heterocycles. The molecule has 0 radical (unpaired) electrons. The second-order valence-corrected chi connectivity index (χ2v) is 9.02. The van der Waals surface area contributed by atoms with E-state index in [1.54, 1.807) is 7.11 Å². The van der Waals surface area contributed by atoms with Gasteiger partial charge in [0.15, 0.2) is 0 Å². The SMILES string of the molecule is COc1ccc(CC(=O)NC(C)c2nc3ccccc3n2CCOc2cc(C)c(Cl)c(C)c2)cc1. The average Bonchev–Trinajstić information content (AvgIpc) is 3.22. The Labute approximate surface area is 210 Å². The van der Waals surface area contributed by atoms with E-state index in [4.69, 9.17) is 26.1 Å². The number of aromatic nitrogens is 2. The minimum absolute atomic E-state index is 0.0652. The van der Waals surface area contributed by atoms with E-state index < -0.39 is 0 Å². The first-order valence-electron chi connectivity index (χ1n) is 11.6. The monoisotopic (exact) mass is 491 g/mol. The zero-order chi connectivity index (χ0) is 24.9. The number of hydrogen-bond acceptors (Lipinski definition) is 4. The quantitative estimate of drug-likeness (QED) is 0.320. The van der Waals surface area contributed by atoms with Crippen molar-refractivity contribution in [2.75, 3.05) is 13.7 Å². The van der Waals surface area contributed by atoms with Crippen LogP contribution in [0.25, 0.3) is 11.0 Å². The van der Waals surface area contributed by atoms with Gasteiger partial charge in [0.05, 0.1) is 37.2 Å². The minimum Gasteiger partial charge on any atom is -0.497 e. The number of benzene rings is 3. The first-order valence-corrected chi connectivity index (χ1v) is 12.0. The summed E-state index contributed by atoms with van der Waals surface area (Å²) in [5, 5.41) is 3.86. The molecule has 0 saturated carbocycles. The summed E-state index contributed by atoms with van der Waals surface area (Å²) in [4.78, 5) is 17.6. The Morgan fingerprint density at radius 3 is 2.43 bits per heavy atom. The van der Waals surface area contributed by atoms with Gasteiger partial charge in [0.2, 0.25) is 5.91 Å². The number of fused-ring (bicyclic) bond motifs is 1. The van der Waals surface area contributed by atoms with Crippen LogP contribution in [0.5, 0.6) is 11.5 Å². The number of amides is 1. The molecule has 0 aliphatic rings. The zero-order valence-corrected chi connectivity index (χ0v) is 21.2. The van der Waals surface area contributed by atoms with E-state index >= 15 is 0 Å². The number of methoxy groups -OCH3 is 1. The third-order valence-corrected chi connectivity index (χ3v) is 6.56. The fraction of sp³-hybridized carbons (Fsp3) is 0.286. The number of aryl methyl sites for hydroxylation is 2. The molecule has 0 aliphatic heterocycles. The smallest absolute Gasteiger partial charge is 0.224 e. The number of para-hydroxylation sites is 2. The summed E-state index contributed by atoms with van der Waals surface area (Å²) in [6.45, 7) is 6.95. The summed E-state index contributed by atoms with van der Waals surface area (Å²) in [6.07, 6.45) is 0.285. The van der Waals surface area contributed by atoms with Crippen LogP contribution >= 0.6 is 11.6 Å². The summed E-state index contributed by atoms with van der Waals surface area (Å²) >= 11 is 6.28. The number of nitrogens with zero attached hydrogens (tertiary/aromatic N) is 2. The molecule has 182 valence electrons. The maximum atomic E-state index is 12.8. The van der Waals surface area contributed by atoms with E-state index in [-0.39, 0.29) is 18.4 Å². The van der Waals surface area contributed by atoms with Gasteiger partial charge >= 0.3 is 0 Å². The number of carbonyl (C=O) groups is 1. The third-order valence-electron chi connectivity index (χ3n) is 5.97. The topological polar surface area (TPSA) is 65.4 Å². The fourth-order valence-electron chi connectivity index (χ4n) is 4.19. The number of imidazole rings is 1. The molecule has 0 bridgehead atoms. The van der Waals surface area contributed by atoms with Crippen LogP contribution in [-0.4, -0.2) is 29.2 Å². The molecule has 0 aliphatic carbocycles. The second-order valence-electron chi connectivity index (χ2n) is 8.64. The van der Waals surface area contributed by atoms with Crippen LogP contribution in [0.2, 0.25) is 5.02 Å². The number of carbonyl (C=O) groups excluding carboxylic acids is 1. The number of nitrogens with one attached hydrogen (secondary N) is 1. The van der Waals surface area contributed by atoms with Crippen molar-refractivity contribution in [3.63, 3.8) is 0 Å². The molecule has 0 spiro atoms. The van der Waals surface area contributed by atoms with E-state index in [9.17, 15) is 4.79 Å². The molecule has 1 amide bonds. The molecule has 1 heterocycles. The van der Waals surface area contributed by atoms with Gasteiger partial charge in [-0.1, -0.05) is 35.9 Å². The summed E-state index contributed by atoms with van der Waals surface area (Å²) in [6, 6.07) is 19.1. The highest BCUT2D eigenvalue weighted by Gasteiger charge is 2.19. The van der Waals surface area contributed by atoms with Crippen LogP contribution in [0.4, 0.5) is 0 Å². The van der Waals surface area contributed by atoms with Gasteiger partial charge in [0.25, 0.3) is 0 Å². The molecule has 1 atom stereocenters. The number of halogens is 1. The maximum absolute atomic E-state index is 12.8. The molecular formula is C28H30ClN3O3. The van der Waals surface area contributed by atoms with Crippen LogP contribution in [0, 0.1) is 13.8 Å². The van der Waals surface area contributed by atoms with Gasteiger partial charge in [-0.15, -0.1) is 0 Å². The Bertz CT molecular complexity index is 1310. The van der Waals surface area contributed by atoms with Crippen molar-refractivity contribution in [2.24, 2.45) is 0 Å². The molecule has 0 fully saturated rings. The van der Waals surface area contributed by atoms with Crippen LogP contribution in [0.1, 0.15) is 35.5 Å². The highest BCUT2D eigenvalue weighted by Crippen LogP contribution is 2.26. The van der Waals surface area contributed by atoms with Gasteiger partial charge in [-0.05, 0) is 73.9 Å². The third kappa shape index (κ3) is 5.77. The van der Waals surface area contributed by atoms with Crippen LogP contribution in [0.3, 0.4) is 0 Å². The molecule has 3 aromatic carbocycles. The van der Waals surface area contributed by atoms with Crippen molar-refractivity contribution in [2.45, 2.75) is 39.8 Å². The molecule has 35 heavy (non-hydrogen) atoms. The zero-order valence-electron chi connectivity index (χ0n) is 20.5. The molecule has 4 rings (SSSR count). The molecule has 7 heteroatoms. The Morgan fingerprint density at radius 1 is 1.06 bits per heavy atom. The minimum atomic E-state index is -0.270. The molecule has 4 aromatic rings. The fourth-order valence-corrected chi connectivity index (χ4v) is 4.30. The van der Waals surface area contributed by atoms with Crippen molar-refractivity contribution in [3.05, 3.63) is 88.2 Å². The largest absolute Gasteiger partial charge is 0.497 e. The van der Waals surface area contributed by atoms with Gasteiger partial charge in [-0.3, -0.25) is 4.79 Å². The van der Waals surface area contributed by atoms with Crippen LogP contribution in [-0.2, 0) is 17.8 Å². The second kappa shape index (κ2) is 10.8. The summed E-state index contributed by atoms with van der Waals surface area (Å²) in [5.74, 6) is 2.28. The van der Waals surface area contributed by atoms with Gasteiger partial charge in [0, 0.05) is 5.02 Å². The predicted octanol–water partition coefficient (Wildman–Crippen LogP) is 5.81. The van der Waals surface area contributed by atoms with E-state index in [0.29, 0.717) is 13.2 Å². The average molecular weight is 492 g/mol. The Morgan fingerprint density at radius 2 is 1.74 bits per heavy atom. The number of rotatable bonds is 9. The maximum Gasteiger partial charge on any atom is 0.224 e. The summed E-state index contributed by atoms with van der Waals surface area (Å²) < 4.78 is 13.4. The van der Waals surface area contributed by atoms with Crippen molar-refractivity contribution in [1.82, 2.24) is 14.9 Å². The van der Waals surface area contributed by atoms with Gasteiger partial charge in [-0.2, -0.15) is 0 Å². The summed E-state index contributed by atoms with van der Waals surface area (Å²) in [5.41, 5.74) is 4.79. The van der Waals surface area contributed by atoms with Crippen LogP contribution < -0.4 is 14.8 Å². The van der Waals surface area contributed by atoms with E-state index in [1.165, 1.54) is 0 Å². The molecular weight excluding hydrogens is 462 g/mol. The van der Waals surface area contributed by atoms with Gasteiger partial charge in [0.1, 0.15) is 23.9 Å². The van der Waals surface area contributed by atoms with Crippen LogP contribution in [0.15, 0.2) is 60.7 Å². The van der Waals surface area contributed by atoms with Crippen molar-refractivity contribution in [3.8, 4) is 11.5 Å². The first-order chi connectivity index (χ1) is 16.9. The highest BCUT2D eigenvalue weighted by atomic mass is 35.5. The van der Waals surface area contributed by atoms with Crippen molar-refractivity contribution >= 4 is 28.5 Å². The Balaban J connectivity index is 1.47. The summed E-state index contributed by atoms with van der Waals surface area (Å²) in [7, 11) is 1.62. The number of hydrogen-bond donors (Lipinski definition) is 1. The Hall–Kier alpha value is -3.51. The van der Waals surface area contributed by atoms with E-state index in [0.717, 1.165) is 50.1 Å². The molecule has 1 unspecified atom stereocenters. The Kier molecular flexibility index (Phi) is 7.61. The highest BCUT2D eigenvalue weighted by molar-refractivity contribution is 6.32.